The van der Waals surface area contributed by atoms with E-state index in [0.717, 1.165) is 41.5 Å². The van der Waals surface area contributed by atoms with Crippen molar-refractivity contribution >= 4 is 29.0 Å². The minimum absolute atomic E-state index is 0.0101. The Balaban J connectivity index is 1.52. The number of hydrogen-bond donors (Lipinski definition) is 3. The molecule has 2 aromatic carbocycles. The molecule has 0 spiro atoms. The number of hydrogen-bond acceptors (Lipinski definition) is 8. The van der Waals surface area contributed by atoms with Crippen LogP contribution in [-0.4, -0.2) is 69.9 Å². The van der Waals surface area contributed by atoms with Gasteiger partial charge in [0, 0.05) is 5.92 Å². The van der Waals surface area contributed by atoms with Gasteiger partial charge in [0.2, 0.25) is 5.91 Å². The summed E-state index contributed by atoms with van der Waals surface area (Å²) in [5.41, 5.74) is 7.04. The minimum Gasteiger partial charge on any atom is -0.507 e. The number of primary amides is 1. The number of phenolic OH excluding ortho intramolecular Hbond substituents is 1. The predicted molar refractivity (Wildman–Crippen MR) is 164 cm³/mol. The Labute approximate surface area is 257 Å². The summed E-state index contributed by atoms with van der Waals surface area (Å²) >= 11 is 0. The van der Waals surface area contributed by atoms with Gasteiger partial charge in [0.1, 0.15) is 5.75 Å². The number of amides is 1. The van der Waals surface area contributed by atoms with Gasteiger partial charge in [0.05, 0.1) is 17.5 Å². The molecule has 4 N–H and O–H groups in total. The molecule has 9 nitrogen and oxygen atoms in total. The summed E-state index contributed by atoms with van der Waals surface area (Å²) in [6.07, 6.45) is 3.03. The van der Waals surface area contributed by atoms with Crippen LogP contribution in [0.4, 0.5) is 0 Å². The molecule has 2 fully saturated rings. The molecule has 232 valence electrons. The molecule has 3 aliphatic carbocycles. The van der Waals surface area contributed by atoms with Crippen molar-refractivity contribution in [1.82, 2.24) is 4.90 Å². The number of benzene rings is 2. The van der Waals surface area contributed by atoms with Crippen LogP contribution in [0.2, 0.25) is 0 Å². The number of aliphatic hydroxyl groups is 1. The molecule has 3 aliphatic rings. The van der Waals surface area contributed by atoms with Gasteiger partial charge in [-0.3, -0.25) is 28.9 Å². The summed E-state index contributed by atoms with van der Waals surface area (Å²) in [4.78, 5) is 68.4. The highest BCUT2D eigenvalue weighted by Crippen LogP contribution is 2.51. The minimum atomic E-state index is -2.74. The predicted octanol–water partition coefficient (Wildman–Crippen LogP) is 3.07. The molecule has 44 heavy (non-hydrogen) atoms. The number of aromatic hydroxyl groups is 1. The summed E-state index contributed by atoms with van der Waals surface area (Å²) in [5.74, 6) is -9.96. The van der Waals surface area contributed by atoms with Gasteiger partial charge in [0.25, 0.3) is 0 Å². The molecule has 2 saturated carbocycles. The number of likely N-dealkylation sites (N-methyl/N-ethyl adjacent to an activating group) is 1. The maximum atomic E-state index is 14.0. The highest BCUT2D eigenvalue weighted by Gasteiger charge is 2.69. The smallest absolute Gasteiger partial charge is 0.235 e. The molecule has 0 bridgehead atoms. The van der Waals surface area contributed by atoms with Gasteiger partial charge in [-0.2, -0.15) is 0 Å². The van der Waals surface area contributed by atoms with Crippen molar-refractivity contribution < 1.29 is 34.2 Å². The van der Waals surface area contributed by atoms with Gasteiger partial charge in [0.15, 0.2) is 34.7 Å². The number of phenols is 1. The van der Waals surface area contributed by atoms with Crippen LogP contribution in [0.15, 0.2) is 48.6 Å². The van der Waals surface area contributed by atoms with E-state index < -0.39 is 64.4 Å². The lowest BCUT2D eigenvalue weighted by atomic mass is 9.52. The van der Waals surface area contributed by atoms with Crippen molar-refractivity contribution in [3.8, 4) is 16.9 Å². The molecule has 7 atom stereocenters. The van der Waals surface area contributed by atoms with Crippen molar-refractivity contribution in [3.63, 3.8) is 0 Å². The molecular weight excluding hydrogens is 560 g/mol. The third kappa shape index (κ3) is 4.92. The standard InChI is InChI=1S/C35H40N2O7/c1-6-17(2)13-18(3)14-19-7-9-20(10-8-19)22-11-12-25(38)27-23(22)15-21-16-24-29(37(4)5)31(40)28(34(36)43)33(42)35(24,44)32(41)26(21)30(27)39/h7-12,17,21,24,26,28-29,38,44H,3,6,13-16H2,1-2,4-5H3,(H2,36,43)/t17?,21-,24-,26?,28?,29?,35+/m0/s1. The zero-order valence-electron chi connectivity index (χ0n) is 25.6. The number of nitrogens with two attached hydrogens (primary N) is 1. The number of fused-ring (bicyclic) bond motifs is 3. The average molecular weight is 601 g/mol. The van der Waals surface area contributed by atoms with Crippen molar-refractivity contribution in [2.24, 2.45) is 35.3 Å². The number of allylic oxidation sites excluding steroid dienone is 1. The van der Waals surface area contributed by atoms with E-state index in [-0.39, 0.29) is 24.2 Å². The fraction of sp³-hybridized carbons (Fsp3) is 0.457. The summed E-state index contributed by atoms with van der Waals surface area (Å²) in [7, 11) is 3.13. The molecule has 1 amide bonds. The van der Waals surface area contributed by atoms with E-state index in [9.17, 15) is 34.2 Å². The topological polar surface area (TPSA) is 155 Å². The Morgan fingerprint density at radius 1 is 1.09 bits per heavy atom. The van der Waals surface area contributed by atoms with Crippen LogP contribution in [-0.2, 0) is 32.0 Å². The Morgan fingerprint density at radius 3 is 2.34 bits per heavy atom. The first-order chi connectivity index (χ1) is 20.7. The van der Waals surface area contributed by atoms with E-state index in [0.29, 0.717) is 11.5 Å². The Kier molecular flexibility index (Phi) is 8.24. The van der Waals surface area contributed by atoms with E-state index in [1.165, 1.54) is 11.0 Å². The fourth-order valence-electron chi connectivity index (χ4n) is 7.68. The number of ketones is 4. The van der Waals surface area contributed by atoms with E-state index >= 15 is 0 Å². The average Bonchev–Trinajstić information content (AvgIpc) is 2.95. The highest BCUT2D eigenvalue weighted by molar-refractivity contribution is 6.32. The summed E-state index contributed by atoms with van der Waals surface area (Å²) in [5, 5.41) is 22.6. The number of carbonyl (C=O) groups is 5. The molecule has 9 heteroatoms. The molecule has 2 aromatic rings. The van der Waals surface area contributed by atoms with Crippen molar-refractivity contribution in [1.29, 1.82) is 0 Å². The third-order valence-corrected chi connectivity index (χ3v) is 10.00. The first kappa shape index (κ1) is 31.5. The Hall–Kier alpha value is -3.95. The van der Waals surface area contributed by atoms with E-state index in [4.69, 9.17) is 5.73 Å². The summed E-state index contributed by atoms with van der Waals surface area (Å²) < 4.78 is 0. The molecule has 0 heterocycles. The van der Waals surface area contributed by atoms with Gasteiger partial charge < -0.3 is 15.9 Å². The maximum Gasteiger partial charge on any atom is 0.235 e. The number of nitrogens with zero attached hydrogens (tertiary/aromatic N) is 1. The zero-order valence-corrected chi connectivity index (χ0v) is 25.6. The molecule has 0 aliphatic heterocycles. The molecule has 5 rings (SSSR count). The van der Waals surface area contributed by atoms with Crippen LogP contribution >= 0.6 is 0 Å². The van der Waals surface area contributed by atoms with E-state index in [1.54, 1.807) is 20.2 Å². The first-order valence-electron chi connectivity index (χ1n) is 15.2. The fourth-order valence-corrected chi connectivity index (χ4v) is 7.68. The van der Waals surface area contributed by atoms with Gasteiger partial charge in [-0.05, 0) is 79.9 Å². The van der Waals surface area contributed by atoms with Gasteiger partial charge in [-0.25, -0.2) is 0 Å². The maximum absolute atomic E-state index is 14.0. The monoisotopic (exact) mass is 600 g/mol. The van der Waals surface area contributed by atoms with E-state index in [2.05, 4.69) is 20.4 Å². The summed E-state index contributed by atoms with van der Waals surface area (Å²) in [6, 6.07) is 9.98. The normalized spacial score (nSPS) is 28.7. The largest absolute Gasteiger partial charge is 0.507 e. The lowest BCUT2D eigenvalue weighted by Gasteiger charge is -2.52. The highest BCUT2D eigenvalue weighted by atomic mass is 16.3. The molecule has 0 aromatic heterocycles. The number of rotatable bonds is 8. The van der Waals surface area contributed by atoms with Gasteiger partial charge in [-0.1, -0.05) is 62.8 Å². The number of Topliss-reactive ketones (excluding diaryl/α,β-unsaturated/α-hetero) is 4. The molecule has 4 unspecified atom stereocenters. The first-order valence-corrected chi connectivity index (χ1v) is 15.2. The van der Waals surface area contributed by atoms with Crippen molar-refractivity contribution in [2.75, 3.05) is 14.1 Å². The lowest BCUT2D eigenvalue weighted by Crippen LogP contribution is -2.74. The molecule has 0 radical (unpaired) electrons. The third-order valence-electron chi connectivity index (χ3n) is 10.00. The van der Waals surface area contributed by atoms with Crippen LogP contribution in [0.3, 0.4) is 0 Å². The second-order valence-electron chi connectivity index (χ2n) is 13.1. The van der Waals surface area contributed by atoms with Crippen LogP contribution in [0, 0.1) is 29.6 Å². The van der Waals surface area contributed by atoms with E-state index in [1.807, 2.05) is 24.3 Å². The van der Waals surface area contributed by atoms with Gasteiger partial charge >= 0.3 is 0 Å². The second kappa shape index (κ2) is 11.5. The molecule has 0 saturated heterocycles. The number of carbonyl (C=O) groups excluding carboxylic acids is 5. The van der Waals surface area contributed by atoms with Crippen LogP contribution in [0.1, 0.15) is 54.6 Å². The zero-order chi connectivity index (χ0) is 32.2. The molecular formula is C35H40N2O7. The Bertz CT molecular complexity index is 1580. The summed E-state index contributed by atoms with van der Waals surface area (Å²) in [6.45, 7) is 8.60. The van der Waals surface area contributed by atoms with Crippen molar-refractivity contribution in [2.45, 2.75) is 57.6 Å². The van der Waals surface area contributed by atoms with Crippen molar-refractivity contribution in [3.05, 3.63) is 65.2 Å². The quantitative estimate of drug-likeness (QED) is 0.309. The van der Waals surface area contributed by atoms with Crippen LogP contribution < -0.4 is 5.73 Å². The second-order valence-corrected chi connectivity index (χ2v) is 13.1. The van der Waals surface area contributed by atoms with Crippen LogP contribution in [0.5, 0.6) is 5.75 Å². The Morgan fingerprint density at radius 2 is 1.75 bits per heavy atom. The lowest BCUT2D eigenvalue weighted by molar-refractivity contribution is -0.181. The van der Waals surface area contributed by atoms with Crippen LogP contribution in [0.25, 0.3) is 11.1 Å². The SMILES string of the molecule is C=C(Cc1ccc(-c2ccc(O)c3c2C[C@H]2C[C@H]4C(N(C)C)C(=O)C(C(N)=O)C(=O)[C@]4(O)C(=O)C2C3=O)cc1)CC(C)CC. The van der Waals surface area contributed by atoms with Gasteiger partial charge in [-0.15, -0.1) is 0 Å².